The van der Waals surface area contributed by atoms with Gasteiger partial charge in [0.25, 0.3) is 5.91 Å². The Balaban J connectivity index is 1.93. The first-order chi connectivity index (χ1) is 14.3. The lowest BCUT2D eigenvalue weighted by Gasteiger charge is -2.14. The van der Waals surface area contributed by atoms with Gasteiger partial charge in [0, 0.05) is 11.8 Å². The van der Waals surface area contributed by atoms with E-state index in [9.17, 15) is 4.79 Å². The topological polar surface area (TPSA) is 59.6 Å². The lowest BCUT2D eigenvalue weighted by Crippen LogP contribution is -2.34. The molecule has 2 N–H and O–H groups in total. The summed E-state index contributed by atoms with van der Waals surface area (Å²) in [6.07, 6.45) is 1.91. The number of hydrogen-bond acceptors (Lipinski definition) is 4. The van der Waals surface area contributed by atoms with Crippen molar-refractivity contribution in [3.63, 3.8) is 0 Å². The maximum atomic E-state index is 12.7. The minimum atomic E-state index is -0.308. The second-order valence-electron chi connectivity index (χ2n) is 7.99. The van der Waals surface area contributed by atoms with Gasteiger partial charge >= 0.3 is 0 Å². The van der Waals surface area contributed by atoms with Crippen molar-refractivity contribution in [2.75, 3.05) is 18.5 Å². The van der Waals surface area contributed by atoms with Crippen LogP contribution in [0.15, 0.2) is 48.5 Å². The number of anilines is 1. The summed E-state index contributed by atoms with van der Waals surface area (Å²) in [6, 6.07) is 14.7. The normalized spacial score (nSPS) is 10.7. The van der Waals surface area contributed by atoms with E-state index in [1.54, 1.807) is 18.2 Å². The lowest BCUT2D eigenvalue weighted by atomic mass is 10.1. The van der Waals surface area contributed by atoms with E-state index >= 15 is 0 Å². The number of amides is 1. The molecule has 0 spiro atoms. The summed E-state index contributed by atoms with van der Waals surface area (Å²) in [5.41, 5.74) is 1.21. The Bertz CT molecular complexity index is 837. The molecule has 0 aliphatic heterocycles. The lowest BCUT2D eigenvalue weighted by molar-refractivity contribution is 0.0973. The Labute approximate surface area is 185 Å². The number of thiocarbonyl (C=S) groups is 1. The molecule has 6 heteroatoms. The van der Waals surface area contributed by atoms with Gasteiger partial charge in [-0.15, -0.1) is 0 Å². The molecule has 0 unspecified atom stereocenters. The van der Waals surface area contributed by atoms with Crippen LogP contribution in [0.2, 0.25) is 0 Å². The zero-order valence-electron chi connectivity index (χ0n) is 18.2. The molecule has 2 aromatic rings. The highest BCUT2D eigenvalue weighted by Crippen LogP contribution is 2.20. The zero-order valence-corrected chi connectivity index (χ0v) is 19.1. The predicted octanol–water partition coefficient (Wildman–Crippen LogP) is 5.66. The van der Waals surface area contributed by atoms with Crippen molar-refractivity contribution in [2.45, 2.75) is 40.5 Å². The van der Waals surface area contributed by atoms with Crippen molar-refractivity contribution in [1.29, 1.82) is 0 Å². The average molecular weight is 429 g/mol. The number of rotatable bonds is 10. The molecule has 162 valence electrons. The number of benzene rings is 2. The molecule has 0 heterocycles. The van der Waals surface area contributed by atoms with Gasteiger partial charge in [-0.05, 0) is 61.2 Å². The number of ether oxygens (including phenoxy) is 2. The van der Waals surface area contributed by atoms with Crippen molar-refractivity contribution in [3.8, 4) is 11.5 Å². The summed E-state index contributed by atoms with van der Waals surface area (Å²) < 4.78 is 11.6. The quantitative estimate of drug-likeness (QED) is 0.478. The minimum Gasteiger partial charge on any atom is -0.494 e. The number of nitrogens with one attached hydrogen (secondary N) is 2. The van der Waals surface area contributed by atoms with Gasteiger partial charge in [0.05, 0.1) is 18.8 Å². The second kappa shape index (κ2) is 12.2. The SMILES string of the molecule is CC(C)CCOc1cccc(NC(=S)NC(=O)c2ccccc2OCCC(C)C)c1. The fraction of sp³-hybridized carbons (Fsp3) is 0.417. The van der Waals surface area contributed by atoms with Crippen LogP contribution in [0.1, 0.15) is 50.9 Å². The van der Waals surface area contributed by atoms with Gasteiger partial charge in [0.2, 0.25) is 0 Å². The van der Waals surface area contributed by atoms with Crippen molar-refractivity contribution in [1.82, 2.24) is 5.32 Å². The predicted molar refractivity (Wildman–Crippen MR) is 126 cm³/mol. The summed E-state index contributed by atoms with van der Waals surface area (Å²) in [7, 11) is 0. The van der Waals surface area contributed by atoms with Crippen LogP contribution in [0, 0.1) is 11.8 Å². The smallest absolute Gasteiger partial charge is 0.261 e. The molecule has 0 saturated heterocycles. The van der Waals surface area contributed by atoms with Crippen LogP contribution < -0.4 is 20.1 Å². The maximum Gasteiger partial charge on any atom is 0.261 e. The fourth-order valence-corrected chi connectivity index (χ4v) is 2.80. The average Bonchev–Trinajstić information content (AvgIpc) is 2.68. The van der Waals surface area contributed by atoms with Crippen molar-refractivity contribution in [3.05, 3.63) is 54.1 Å². The van der Waals surface area contributed by atoms with Crippen LogP contribution in [0.3, 0.4) is 0 Å². The van der Waals surface area contributed by atoms with E-state index in [0.717, 1.165) is 24.3 Å². The molecule has 0 atom stereocenters. The molecule has 30 heavy (non-hydrogen) atoms. The second-order valence-corrected chi connectivity index (χ2v) is 8.40. The highest BCUT2D eigenvalue weighted by molar-refractivity contribution is 7.80. The van der Waals surface area contributed by atoms with Gasteiger partial charge in [-0.2, -0.15) is 0 Å². The fourth-order valence-electron chi connectivity index (χ4n) is 2.59. The standard InChI is InChI=1S/C24H32N2O3S/c1-17(2)12-14-28-20-9-7-8-19(16-20)25-24(30)26-23(27)21-10-5-6-11-22(21)29-15-13-18(3)4/h5-11,16-18H,12-15H2,1-4H3,(H2,25,26,27,30). The summed E-state index contributed by atoms with van der Waals surface area (Å²) >= 11 is 5.32. The summed E-state index contributed by atoms with van der Waals surface area (Å²) in [5, 5.41) is 5.98. The number of para-hydroxylation sites is 1. The first-order valence-corrected chi connectivity index (χ1v) is 10.8. The van der Waals surface area contributed by atoms with E-state index in [2.05, 4.69) is 38.3 Å². The van der Waals surface area contributed by atoms with E-state index < -0.39 is 0 Å². The zero-order chi connectivity index (χ0) is 21.9. The molecular formula is C24H32N2O3S. The molecule has 0 saturated carbocycles. The number of carbonyl (C=O) groups excluding carboxylic acids is 1. The third-order valence-electron chi connectivity index (χ3n) is 4.37. The number of hydrogen-bond donors (Lipinski definition) is 2. The largest absolute Gasteiger partial charge is 0.494 e. The molecule has 0 radical (unpaired) electrons. The van der Waals surface area contributed by atoms with E-state index in [1.165, 1.54) is 0 Å². The van der Waals surface area contributed by atoms with Gasteiger partial charge in [0.1, 0.15) is 11.5 Å². The molecule has 1 amide bonds. The summed E-state index contributed by atoms with van der Waals surface area (Å²) in [6.45, 7) is 9.82. The maximum absolute atomic E-state index is 12.7. The third-order valence-corrected chi connectivity index (χ3v) is 4.57. The Morgan fingerprint density at radius 1 is 0.933 bits per heavy atom. The Hall–Kier alpha value is -2.60. The first kappa shape index (κ1) is 23.7. The Kier molecular flexibility index (Phi) is 9.61. The van der Waals surface area contributed by atoms with Crippen molar-refractivity contribution < 1.29 is 14.3 Å². The monoisotopic (exact) mass is 428 g/mol. The molecule has 2 rings (SSSR count). The van der Waals surface area contributed by atoms with Crippen LogP contribution in [-0.4, -0.2) is 24.2 Å². The van der Waals surface area contributed by atoms with Gasteiger partial charge < -0.3 is 14.8 Å². The van der Waals surface area contributed by atoms with Crippen LogP contribution in [0.25, 0.3) is 0 Å². The highest BCUT2D eigenvalue weighted by Gasteiger charge is 2.14. The van der Waals surface area contributed by atoms with Gasteiger partial charge in [-0.3, -0.25) is 10.1 Å². The van der Waals surface area contributed by atoms with Gasteiger partial charge in [-0.25, -0.2) is 0 Å². The molecule has 0 aromatic heterocycles. The van der Waals surface area contributed by atoms with Crippen molar-refractivity contribution >= 4 is 28.9 Å². The van der Waals surface area contributed by atoms with E-state index in [0.29, 0.717) is 36.4 Å². The van der Waals surface area contributed by atoms with Gasteiger partial charge in [0.15, 0.2) is 5.11 Å². The van der Waals surface area contributed by atoms with Crippen LogP contribution in [0.4, 0.5) is 5.69 Å². The van der Waals surface area contributed by atoms with E-state index in [-0.39, 0.29) is 11.0 Å². The summed E-state index contributed by atoms with van der Waals surface area (Å²) in [4.78, 5) is 12.7. The van der Waals surface area contributed by atoms with Crippen LogP contribution in [0.5, 0.6) is 11.5 Å². The van der Waals surface area contributed by atoms with E-state index in [4.69, 9.17) is 21.7 Å². The molecule has 5 nitrogen and oxygen atoms in total. The minimum absolute atomic E-state index is 0.219. The van der Waals surface area contributed by atoms with Crippen LogP contribution in [-0.2, 0) is 0 Å². The molecule has 2 aromatic carbocycles. The highest BCUT2D eigenvalue weighted by atomic mass is 32.1. The van der Waals surface area contributed by atoms with Gasteiger partial charge in [-0.1, -0.05) is 45.9 Å². The first-order valence-electron chi connectivity index (χ1n) is 10.4. The molecule has 0 aliphatic rings. The molecule has 0 aliphatic carbocycles. The Morgan fingerprint density at radius 3 is 2.30 bits per heavy atom. The van der Waals surface area contributed by atoms with E-state index in [1.807, 2.05) is 30.3 Å². The third kappa shape index (κ3) is 8.41. The van der Waals surface area contributed by atoms with Crippen molar-refractivity contribution in [2.24, 2.45) is 11.8 Å². The molecular weight excluding hydrogens is 396 g/mol. The number of carbonyl (C=O) groups is 1. The molecule has 0 bridgehead atoms. The van der Waals surface area contributed by atoms with Crippen LogP contribution >= 0.6 is 12.2 Å². The summed E-state index contributed by atoms with van der Waals surface area (Å²) in [5.74, 6) is 2.13. The Morgan fingerprint density at radius 2 is 1.60 bits per heavy atom. The molecule has 0 fully saturated rings.